The van der Waals surface area contributed by atoms with E-state index >= 15 is 0 Å². The van der Waals surface area contributed by atoms with Crippen molar-refractivity contribution in [3.63, 3.8) is 0 Å². The lowest BCUT2D eigenvalue weighted by atomic mass is 10.2. The Bertz CT molecular complexity index is 366. The Labute approximate surface area is 113 Å². The van der Waals surface area contributed by atoms with Crippen LogP contribution in [-0.2, 0) is 4.74 Å². The van der Waals surface area contributed by atoms with E-state index in [0.717, 1.165) is 25.7 Å². The van der Waals surface area contributed by atoms with Gasteiger partial charge in [-0.15, -0.1) is 11.6 Å². The van der Waals surface area contributed by atoms with E-state index in [1.54, 1.807) is 18.2 Å². The lowest BCUT2D eigenvalue weighted by molar-refractivity contribution is 0.0596. The van der Waals surface area contributed by atoms with Gasteiger partial charge in [0.25, 0.3) is 0 Å². The molecule has 0 fully saturated rings. The number of hydrogen-bond donors (Lipinski definition) is 0. The summed E-state index contributed by atoms with van der Waals surface area (Å²) in [5.41, 5.74) is 0.473. The van der Waals surface area contributed by atoms with Gasteiger partial charge in [-0.2, -0.15) is 0 Å². The molecule has 100 valence electrons. The Morgan fingerprint density at radius 3 is 2.61 bits per heavy atom. The van der Waals surface area contributed by atoms with Gasteiger partial charge in [0.2, 0.25) is 0 Å². The Morgan fingerprint density at radius 2 is 1.89 bits per heavy atom. The summed E-state index contributed by atoms with van der Waals surface area (Å²) in [6.07, 6.45) is 4.21. The van der Waals surface area contributed by atoms with E-state index in [2.05, 4.69) is 0 Å². The van der Waals surface area contributed by atoms with Gasteiger partial charge in [-0.05, 0) is 25.0 Å². The van der Waals surface area contributed by atoms with E-state index in [9.17, 15) is 4.79 Å². The van der Waals surface area contributed by atoms with Gasteiger partial charge >= 0.3 is 5.97 Å². The van der Waals surface area contributed by atoms with Crippen LogP contribution in [0.1, 0.15) is 36.0 Å². The zero-order chi connectivity index (χ0) is 13.2. The molecule has 0 aliphatic carbocycles. The number of esters is 1. The molecule has 0 amide bonds. The number of benzene rings is 1. The van der Waals surface area contributed by atoms with Crippen LogP contribution in [0.15, 0.2) is 24.3 Å². The molecule has 0 bridgehead atoms. The highest BCUT2D eigenvalue weighted by Gasteiger charge is 2.11. The minimum atomic E-state index is -0.368. The monoisotopic (exact) mass is 270 g/mol. The zero-order valence-corrected chi connectivity index (χ0v) is 11.4. The van der Waals surface area contributed by atoms with Crippen LogP contribution in [0.2, 0.25) is 0 Å². The number of unbranched alkanes of at least 4 members (excludes halogenated alkanes) is 3. The van der Waals surface area contributed by atoms with Gasteiger partial charge in [0.1, 0.15) is 11.3 Å². The third-order valence-corrected chi connectivity index (χ3v) is 2.85. The Morgan fingerprint density at radius 1 is 1.17 bits per heavy atom. The highest BCUT2D eigenvalue weighted by molar-refractivity contribution is 6.17. The normalized spacial score (nSPS) is 10.1. The number of methoxy groups -OCH3 is 1. The van der Waals surface area contributed by atoms with Crippen molar-refractivity contribution in [3.05, 3.63) is 29.8 Å². The summed E-state index contributed by atoms with van der Waals surface area (Å²) < 4.78 is 10.3. The molecule has 1 aromatic rings. The molecule has 0 atom stereocenters. The van der Waals surface area contributed by atoms with E-state index in [1.807, 2.05) is 6.07 Å². The summed E-state index contributed by atoms with van der Waals surface area (Å²) in [6.45, 7) is 0.607. The average Bonchev–Trinajstić information content (AvgIpc) is 2.42. The SMILES string of the molecule is COC(=O)c1ccccc1OCCCCCCCl. The van der Waals surface area contributed by atoms with Gasteiger partial charge < -0.3 is 9.47 Å². The molecule has 18 heavy (non-hydrogen) atoms. The van der Waals surface area contributed by atoms with E-state index < -0.39 is 0 Å². The van der Waals surface area contributed by atoms with Gasteiger partial charge in [-0.25, -0.2) is 4.79 Å². The standard InChI is InChI=1S/C14H19ClO3/c1-17-14(16)12-8-4-5-9-13(12)18-11-7-3-2-6-10-15/h4-5,8-9H,2-3,6-7,10-11H2,1H3. The van der Waals surface area contributed by atoms with Crippen molar-refractivity contribution < 1.29 is 14.3 Å². The maximum atomic E-state index is 11.5. The first kappa shape index (κ1) is 14.8. The van der Waals surface area contributed by atoms with Gasteiger partial charge in [0.05, 0.1) is 13.7 Å². The summed E-state index contributed by atoms with van der Waals surface area (Å²) in [6, 6.07) is 7.12. The molecule has 0 spiro atoms. The van der Waals surface area contributed by atoms with Gasteiger partial charge in [0.15, 0.2) is 0 Å². The number of alkyl halides is 1. The molecule has 0 unspecified atom stereocenters. The fourth-order valence-corrected chi connectivity index (χ4v) is 1.79. The van der Waals surface area contributed by atoms with Crippen LogP contribution in [0.25, 0.3) is 0 Å². The molecule has 3 nitrogen and oxygen atoms in total. The Hall–Kier alpha value is -1.22. The van der Waals surface area contributed by atoms with Crippen molar-refractivity contribution in [3.8, 4) is 5.75 Å². The molecule has 1 aromatic carbocycles. The molecule has 0 saturated carbocycles. The maximum Gasteiger partial charge on any atom is 0.341 e. The number of hydrogen-bond acceptors (Lipinski definition) is 3. The maximum absolute atomic E-state index is 11.5. The van der Waals surface area contributed by atoms with Crippen molar-refractivity contribution in [1.82, 2.24) is 0 Å². The lowest BCUT2D eigenvalue weighted by Crippen LogP contribution is -2.06. The summed E-state index contributed by atoms with van der Waals surface area (Å²) in [7, 11) is 1.37. The first-order valence-electron chi connectivity index (χ1n) is 6.15. The zero-order valence-electron chi connectivity index (χ0n) is 10.7. The van der Waals surface area contributed by atoms with Crippen LogP contribution < -0.4 is 4.74 Å². The number of rotatable bonds is 8. The predicted molar refractivity (Wildman–Crippen MR) is 72.5 cm³/mol. The van der Waals surface area contributed by atoms with E-state index in [-0.39, 0.29) is 5.97 Å². The summed E-state index contributed by atoms with van der Waals surface area (Å²) in [5.74, 6) is 0.931. The van der Waals surface area contributed by atoms with Crippen LogP contribution in [0.5, 0.6) is 5.75 Å². The summed E-state index contributed by atoms with van der Waals surface area (Å²) >= 11 is 5.60. The van der Waals surface area contributed by atoms with Crippen LogP contribution >= 0.6 is 11.6 Å². The smallest absolute Gasteiger partial charge is 0.341 e. The minimum Gasteiger partial charge on any atom is -0.493 e. The molecule has 0 aliphatic heterocycles. The quantitative estimate of drug-likeness (QED) is 0.411. The van der Waals surface area contributed by atoms with Crippen LogP contribution in [0.4, 0.5) is 0 Å². The number of carbonyl (C=O) groups is 1. The fourth-order valence-electron chi connectivity index (χ4n) is 1.60. The van der Waals surface area contributed by atoms with Gasteiger partial charge in [-0.1, -0.05) is 25.0 Å². The molecule has 0 aromatic heterocycles. The lowest BCUT2D eigenvalue weighted by Gasteiger charge is -2.09. The third kappa shape index (κ3) is 4.96. The van der Waals surface area contributed by atoms with Crippen molar-refractivity contribution in [1.29, 1.82) is 0 Å². The van der Waals surface area contributed by atoms with E-state index in [1.165, 1.54) is 7.11 Å². The van der Waals surface area contributed by atoms with Crippen molar-refractivity contribution >= 4 is 17.6 Å². The topological polar surface area (TPSA) is 35.5 Å². The number of halogens is 1. The predicted octanol–water partition coefficient (Wildman–Crippen LogP) is 3.65. The first-order valence-corrected chi connectivity index (χ1v) is 6.69. The second-order valence-corrected chi connectivity index (χ2v) is 4.32. The number of ether oxygens (including phenoxy) is 2. The van der Waals surface area contributed by atoms with Crippen molar-refractivity contribution in [2.45, 2.75) is 25.7 Å². The van der Waals surface area contributed by atoms with Crippen molar-refractivity contribution in [2.24, 2.45) is 0 Å². The third-order valence-electron chi connectivity index (χ3n) is 2.58. The average molecular weight is 271 g/mol. The molecule has 0 N–H and O–H groups in total. The second kappa shape index (κ2) is 8.81. The molecular weight excluding hydrogens is 252 g/mol. The molecular formula is C14H19ClO3. The van der Waals surface area contributed by atoms with E-state index in [4.69, 9.17) is 21.1 Å². The first-order chi connectivity index (χ1) is 8.79. The van der Waals surface area contributed by atoms with Crippen LogP contribution in [-0.4, -0.2) is 25.6 Å². The van der Waals surface area contributed by atoms with Crippen LogP contribution in [0, 0.1) is 0 Å². The Kier molecular flexibility index (Phi) is 7.26. The van der Waals surface area contributed by atoms with Gasteiger partial charge in [0, 0.05) is 5.88 Å². The number of carbonyl (C=O) groups excluding carboxylic acids is 1. The van der Waals surface area contributed by atoms with Crippen molar-refractivity contribution in [2.75, 3.05) is 19.6 Å². The summed E-state index contributed by atoms with van der Waals surface area (Å²) in [4.78, 5) is 11.5. The van der Waals surface area contributed by atoms with E-state index in [0.29, 0.717) is 23.8 Å². The fraction of sp³-hybridized carbons (Fsp3) is 0.500. The number of para-hydroxylation sites is 1. The summed E-state index contributed by atoms with van der Waals surface area (Å²) in [5, 5.41) is 0. The highest BCUT2D eigenvalue weighted by atomic mass is 35.5. The minimum absolute atomic E-state index is 0.368. The van der Waals surface area contributed by atoms with Crippen LogP contribution in [0.3, 0.4) is 0 Å². The van der Waals surface area contributed by atoms with Gasteiger partial charge in [-0.3, -0.25) is 0 Å². The molecule has 0 saturated heterocycles. The highest BCUT2D eigenvalue weighted by Crippen LogP contribution is 2.19. The molecule has 0 aliphatic rings. The molecule has 0 radical (unpaired) electrons. The largest absolute Gasteiger partial charge is 0.493 e. The molecule has 4 heteroatoms. The molecule has 0 heterocycles. The second-order valence-electron chi connectivity index (χ2n) is 3.94. The Balaban J connectivity index is 2.39. The molecule has 1 rings (SSSR count).